The van der Waals surface area contributed by atoms with Gasteiger partial charge in [0.2, 0.25) is 0 Å². The first kappa shape index (κ1) is 21.9. The minimum atomic E-state index is -7.33. The van der Waals surface area contributed by atoms with E-state index in [2.05, 4.69) is 10.8 Å². The molecule has 0 aliphatic carbocycles. The van der Waals surface area contributed by atoms with E-state index in [9.17, 15) is 47.9 Å². The Balaban J connectivity index is 6.02. The Kier molecular flexibility index (Phi) is 5.18. The zero-order chi connectivity index (χ0) is 19.3. The Morgan fingerprint density at radius 3 is 1.43 bits per heavy atom. The van der Waals surface area contributed by atoms with Crippen molar-refractivity contribution in [1.82, 2.24) is 0 Å². The molecule has 0 amide bonds. The summed E-state index contributed by atoms with van der Waals surface area (Å²) in [6, 6.07) is 0. The lowest BCUT2D eigenvalue weighted by Crippen LogP contribution is -2.63. The fourth-order valence-corrected chi connectivity index (χ4v) is 1.89. The lowest BCUT2D eigenvalue weighted by molar-refractivity contribution is -0.382. The lowest BCUT2D eigenvalue weighted by atomic mass is 9.95. The van der Waals surface area contributed by atoms with Gasteiger partial charge in [0, 0.05) is 5.41 Å². The van der Waals surface area contributed by atoms with Gasteiger partial charge in [-0.2, -0.15) is 47.9 Å². The third-order valence-corrected chi connectivity index (χ3v) is 3.78. The molecule has 23 heavy (non-hydrogen) atoms. The van der Waals surface area contributed by atoms with Crippen molar-refractivity contribution in [3.05, 3.63) is 12.3 Å². The second-order valence-corrected chi connectivity index (χ2v) is 6.96. The summed E-state index contributed by atoms with van der Waals surface area (Å²) in [5, 5.41) is -6.88. The van der Waals surface area contributed by atoms with Crippen LogP contribution in [0.4, 0.5) is 39.5 Å². The first-order valence-electron chi connectivity index (χ1n) is 5.46. The van der Waals surface area contributed by atoms with Crippen LogP contribution in [0.2, 0.25) is 0 Å². The van der Waals surface area contributed by atoms with Crippen LogP contribution in [0.3, 0.4) is 0 Å². The van der Waals surface area contributed by atoms with Gasteiger partial charge >= 0.3 is 33.4 Å². The zero-order valence-electron chi connectivity index (χ0n) is 11.7. The average Bonchev–Trinajstić information content (AvgIpc) is 2.24. The number of alkyl halides is 9. The van der Waals surface area contributed by atoms with Crippen molar-refractivity contribution in [2.24, 2.45) is 5.41 Å². The molecule has 3 nitrogen and oxygen atoms in total. The van der Waals surface area contributed by atoms with Crippen LogP contribution in [-0.4, -0.2) is 31.7 Å². The highest BCUT2D eigenvalue weighted by atomic mass is 32.2. The highest BCUT2D eigenvalue weighted by molar-refractivity contribution is 7.88. The molecule has 0 heterocycles. The maximum absolute atomic E-state index is 13.3. The Morgan fingerprint density at radius 1 is 0.826 bits per heavy atom. The van der Waals surface area contributed by atoms with Crippen LogP contribution in [0.15, 0.2) is 12.3 Å². The standard InChI is InChI=1S/C10H11F9O3S/c1-5(6(2,3)4)22-23(20,21)10(18,19)8(13,14)7(11,12)9(15,16)17/h1H2,2-4H3. The van der Waals surface area contributed by atoms with Crippen molar-refractivity contribution in [3.63, 3.8) is 0 Å². The molecule has 13 heteroatoms. The third-order valence-electron chi connectivity index (χ3n) is 2.48. The molecule has 0 aliphatic rings. The van der Waals surface area contributed by atoms with E-state index >= 15 is 0 Å². The number of rotatable bonds is 5. The summed E-state index contributed by atoms with van der Waals surface area (Å²) in [6.07, 6.45) is -7.13. The van der Waals surface area contributed by atoms with Gasteiger partial charge in [0.15, 0.2) is 0 Å². The van der Waals surface area contributed by atoms with Crippen LogP contribution in [0.1, 0.15) is 20.8 Å². The first-order chi connectivity index (χ1) is 9.63. The number of halogens is 9. The fourth-order valence-electron chi connectivity index (χ4n) is 0.828. The predicted octanol–water partition coefficient (Wildman–Crippen LogP) is 4.32. The molecule has 0 unspecified atom stereocenters. The Morgan fingerprint density at radius 2 is 1.17 bits per heavy atom. The SMILES string of the molecule is C=C(OS(=O)(=O)C(F)(F)C(F)(F)C(F)(F)C(F)(F)F)C(C)(C)C. The monoisotopic (exact) mass is 382 g/mol. The molecule has 0 aromatic carbocycles. The molecule has 0 N–H and O–H groups in total. The quantitative estimate of drug-likeness (QED) is 0.404. The Hall–Kier alpha value is -1.14. The van der Waals surface area contributed by atoms with Crippen molar-refractivity contribution >= 4 is 10.1 Å². The minimum Gasteiger partial charge on any atom is -0.383 e. The van der Waals surface area contributed by atoms with Gasteiger partial charge in [-0.25, -0.2) is 0 Å². The van der Waals surface area contributed by atoms with Gasteiger partial charge in [0.05, 0.1) is 0 Å². The number of hydrogen-bond acceptors (Lipinski definition) is 3. The van der Waals surface area contributed by atoms with Gasteiger partial charge in [-0.1, -0.05) is 27.4 Å². The minimum absolute atomic E-state index is 1.07. The third kappa shape index (κ3) is 3.53. The molecule has 0 rings (SSSR count). The van der Waals surface area contributed by atoms with Crippen molar-refractivity contribution in [3.8, 4) is 0 Å². The predicted molar refractivity (Wildman–Crippen MR) is 59.5 cm³/mol. The van der Waals surface area contributed by atoms with E-state index < -0.39 is 44.6 Å². The van der Waals surface area contributed by atoms with Crippen LogP contribution in [0.5, 0.6) is 0 Å². The molecule has 0 spiro atoms. The molecule has 0 saturated carbocycles. The van der Waals surface area contributed by atoms with Crippen molar-refractivity contribution in [2.45, 2.75) is 44.0 Å². The molecule has 0 bridgehead atoms. The van der Waals surface area contributed by atoms with E-state index in [1.54, 1.807) is 0 Å². The number of hydrogen-bond donors (Lipinski definition) is 0. The van der Waals surface area contributed by atoms with Crippen LogP contribution >= 0.6 is 0 Å². The summed E-state index contributed by atoms with van der Waals surface area (Å²) < 4.78 is 139. The molecular weight excluding hydrogens is 371 g/mol. The van der Waals surface area contributed by atoms with Gasteiger partial charge in [-0.3, -0.25) is 0 Å². The van der Waals surface area contributed by atoms with Crippen molar-refractivity contribution in [2.75, 3.05) is 0 Å². The molecular formula is C10H11F9O3S. The van der Waals surface area contributed by atoms with Gasteiger partial charge in [0.25, 0.3) is 0 Å². The summed E-state index contributed by atoms with van der Waals surface area (Å²) in [5.41, 5.74) is -1.41. The molecule has 0 aromatic heterocycles. The van der Waals surface area contributed by atoms with Crippen molar-refractivity contribution < 1.29 is 52.1 Å². The number of allylic oxidation sites excluding steroid dienone is 1. The Labute approximate surface area is 125 Å². The zero-order valence-corrected chi connectivity index (χ0v) is 12.6. The summed E-state index contributed by atoms with van der Waals surface area (Å²) >= 11 is 0. The largest absolute Gasteiger partial charge is 0.460 e. The van der Waals surface area contributed by atoms with Crippen LogP contribution in [0.25, 0.3) is 0 Å². The summed E-state index contributed by atoms with van der Waals surface area (Å²) in [7, 11) is -6.91. The second kappa shape index (κ2) is 5.45. The fraction of sp³-hybridized carbons (Fsp3) is 0.800. The summed E-state index contributed by atoms with van der Waals surface area (Å²) in [5.74, 6) is -15.7. The highest BCUT2D eigenvalue weighted by Gasteiger charge is 2.86. The van der Waals surface area contributed by atoms with E-state index in [-0.39, 0.29) is 0 Å². The van der Waals surface area contributed by atoms with E-state index in [1.807, 2.05) is 0 Å². The molecule has 138 valence electrons. The van der Waals surface area contributed by atoms with Crippen LogP contribution in [0, 0.1) is 5.41 Å². The van der Waals surface area contributed by atoms with Gasteiger partial charge in [-0.15, -0.1) is 0 Å². The second-order valence-electron chi connectivity index (χ2n) is 5.37. The van der Waals surface area contributed by atoms with Gasteiger partial charge < -0.3 is 4.18 Å². The molecule has 0 aliphatic heterocycles. The normalized spacial score (nSPS) is 15.5. The molecule has 0 radical (unpaired) electrons. The lowest BCUT2D eigenvalue weighted by Gasteiger charge is -2.33. The maximum atomic E-state index is 13.3. The smallest absolute Gasteiger partial charge is 0.383 e. The first-order valence-corrected chi connectivity index (χ1v) is 6.87. The van der Waals surface area contributed by atoms with Crippen LogP contribution in [-0.2, 0) is 14.3 Å². The average molecular weight is 382 g/mol. The molecule has 0 fully saturated rings. The van der Waals surface area contributed by atoms with Gasteiger partial charge in [0.1, 0.15) is 5.76 Å². The van der Waals surface area contributed by atoms with Crippen LogP contribution < -0.4 is 0 Å². The van der Waals surface area contributed by atoms with E-state index in [0.717, 1.165) is 20.8 Å². The Bertz CT molecular complexity index is 569. The van der Waals surface area contributed by atoms with E-state index in [1.165, 1.54) is 0 Å². The topological polar surface area (TPSA) is 43.4 Å². The summed E-state index contributed by atoms with van der Waals surface area (Å²) in [4.78, 5) is 0. The maximum Gasteiger partial charge on any atom is 0.460 e. The van der Waals surface area contributed by atoms with Gasteiger partial charge in [-0.05, 0) is 0 Å². The molecule has 0 aromatic rings. The molecule has 0 saturated heterocycles. The van der Waals surface area contributed by atoms with E-state index in [0.29, 0.717) is 0 Å². The molecule has 0 atom stereocenters. The van der Waals surface area contributed by atoms with Crippen molar-refractivity contribution in [1.29, 1.82) is 0 Å². The van der Waals surface area contributed by atoms with E-state index in [4.69, 9.17) is 0 Å². The summed E-state index contributed by atoms with van der Waals surface area (Å²) in [6.45, 7) is 6.22. The highest BCUT2D eigenvalue weighted by Crippen LogP contribution is 2.55.